The molecule has 106 valence electrons. The van der Waals surface area contributed by atoms with E-state index < -0.39 is 0 Å². The molecule has 1 amide bonds. The second-order valence-electron chi connectivity index (χ2n) is 4.97. The number of hydrazone groups is 1. The van der Waals surface area contributed by atoms with Crippen LogP contribution in [0.4, 0.5) is 0 Å². The fourth-order valence-electron chi connectivity index (χ4n) is 2.28. The number of carbonyl (C=O) groups is 1. The minimum Gasteiger partial charge on any atom is -0.267 e. The molecule has 0 unspecified atom stereocenters. The number of amides is 1. The molecular formula is C16H21N3O. The molecule has 1 aromatic rings. The monoisotopic (exact) mass is 271 g/mol. The Morgan fingerprint density at radius 1 is 1.45 bits per heavy atom. The van der Waals surface area contributed by atoms with Crippen molar-refractivity contribution in [3.05, 3.63) is 41.7 Å². The highest BCUT2D eigenvalue weighted by molar-refractivity contribution is 6.03. The Kier molecular flexibility index (Phi) is 5.47. The number of rotatable bonds is 6. The number of hydrogen-bond donors (Lipinski definition) is 1. The van der Waals surface area contributed by atoms with E-state index in [-0.39, 0.29) is 5.91 Å². The molecule has 1 aromatic heterocycles. The molecule has 1 aliphatic rings. The van der Waals surface area contributed by atoms with Gasteiger partial charge in [-0.15, -0.1) is 0 Å². The van der Waals surface area contributed by atoms with Gasteiger partial charge < -0.3 is 0 Å². The molecule has 1 aliphatic carbocycles. The van der Waals surface area contributed by atoms with Crippen LogP contribution in [-0.2, 0) is 0 Å². The molecule has 2 rings (SSSR count). The molecule has 0 radical (unpaired) electrons. The van der Waals surface area contributed by atoms with Crippen LogP contribution in [0.5, 0.6) is 0 Å². The van der Waals surface area contributed by atoms with E-state index in [1.807, 2.05) is 0 Å². The molecular weight excluding hydrogens is 250 g/mol. The van der Waals surface area contributed by atoms with E-state index in [0.717, 1.165) is 25.0 Å². The number of aromatic nitrogens is 1. The van der Waals surface area contributed by atoms with E-state index in [1.54, 1.807) is 24.5 Å². The summed E-state index contributed by atoms with van der Waals surface area (Å²) in [6.07, 6.45) is 12.1. The summed E-state index contributed by atoms with van der Waals surface area (Å²) < 4.78 is 0. The molecule has 0 fully saturated rings. The molecule has 0 atom stereocenters. The number of allylic oxidation sites excluding steroid dienone is 2. The van der Waals surface area contributed by atoms with Crippen molar-refractivity contribution in [3.63, 3.8) is 0 Å². The molecule has 20 heavy (non-hydrogen) atoms. The van der Waals surface area contributed by atoms with Crippen LogP contribution in [0.15, 0.2) is 41.3 Å². The Balaban J connectivity index is 1.90. The maximum absolute atomic E-state index is 11.9. The van der Waals surface area contributed by atoms with E-state index in [0.29, 0.717) is 5.56 Å². The quantitative estimate of drug-likeness (QED) is 0.636. The zero-order valence-corrected chi connectivity index (χ0v) is 11.9. The molecule has 4 heteroatoms. The predicted octanol–water partition coefficient (Wildman–Crippen LogP) is 3.47. The molecule has 0 aromatic carbocycles. The van der Waals surface area contributed by atoms with E-state index in [9.17, 15) is 4.79 Å². The standard InChI is InChI=1S/C16H21N3O/c1-2-3-4-7-13-8-5-10-15(13)18-19-16(20)14-9-6-11-17-12-14/h6,8-9,11-12H,2-5,7,10H2,1H3,(H,19,20). The number of carbonyl (C=O) groups excluding carboxylic acids is 1. The summed E-state index contributed by atoms with van der Waals surface area (Å²) in [5.41, 5.74) is 5.49. The number of pyridine rings is 1. The lowest BCUT2D eigenvalue weighted by Crippen LogP contribution is -2.19. The molecule has 1 N–H and O–H groups in total. The van der Waals surface area contributed by atoms with Crippen LogP contribution >= 0.6 is 0 Å². The average molecular weight is 271 g/mol. The maximum Gasteiger partial charge on any atom is 0.272 e. The van der Waals surface area contributed by atoms with Gasteiger partial charge in [-0.1, -0.05) is 25.8 Å². The van der Waals surface area contributed by atoms with Gasteiger partial charge in [0, 0.05) is 12.4 Å². The Bertz CT molecular complexity index is 506. The fourth-order valence-corrected chi connectivity index (χ4v) is 2.28. The summed E-state index contributed by atoms with van der Waals surface area (Å²) in [5, 5.41) is 4.28. The van der Waals surface area contributed by atoms with Crippen LogP contribution in [0.1, 0.15) is 55.8 Å². The van der Waals surface area contributed by atoms with Crippen LogP contribution in [0, 0.1) is 0 Å². The van der Waals surface area contributed by atoms with Crippen molar-refractivity contribution < 1.29 is 4.79 Å². The molecule has 4 nitrogen and oxygen atoms in total. The minimum atomic E-state index is -0.203. The highest BCUT2D eigenvalue weighted by atomic mass is 16.2. The van der Waals surface area contributed by atoms with E-state index >= 15 is 0 Å². The van der Waals surface area contributed by atoms with Crippen molar-refractivity contribution in [1.29, 1.82) is 0 Å². The SMILES string of the molecule is CCCCCC1=CCCC1=NNC(=O)c1cccnc1. The fraction of sp³-hybridized carbons (Fsp3) is 0.438. The van der Waals surface area contributed by atoms with Gasteiger partial charge in [-0.2, -0.15) is 5.10 Å². The lowest BCUT2D eigenvalue weighted by Gasteiger charge is -2.05. The first-order valence-electron chi connectivity index (χ1n) is 7.27. The number of nitrogens with one attached hydrogen (secondary N) is 1. The van der Waals surface area contributed by atoms with Crippen molar-refractivity contribution in [3.8, 4) is 0 Å². The normalized spacial score (nSPS) is 16.2. The van der Waals surface area contributed by atoms with Gasteiger partial charge in [-0.3, -0.25) is 9.78 Å². The summed E-state index contributed by atoms with van der Waals surface area (Å²) in [5.74, 6) is -0.203. The van der Waals surface area contributed by atoms with E-state index in [1.165, 1.54) is 24.8 Å². The average Bonchev–Trinajstić information content (AvgIpc) is 2.93. The van der Waals surface area contributed by atoms with Crippen molar-refractivity contribution in [1.82, 2.24) is 10.4 Å². The van der Waals surface area contributed by atoms with Crippen molar-refractivity contribution in [2.75, 3.05) is 0 Å². The van der Waals surface area contributed by atoms with E-state index in [4.69, 9.17) is 0 Å². The topological polar surface area (TPSA) is 54.4 Å². The maximum atomic E-state index is 11.9. The molecule has 1 heterocycles. The van der Waals surface area contributed by atoms with Crippen LogP contribution in [-0.4, -0.2) is 16.6 Å². The third-order valence-corrected chi connectivity index (χ3v) is 3.41. The Morgan fingerprint density at radius 3 is 3.10 bits per heavy atom. The van der Waals surface area contributed by atoms with Crippen molar-refractivity contribution in [2.24, 2.45) is 5.10 Å². The number of hydrogen-bond acceptors (Lipinski definition) is 3. The molecule has 0 saturated heterocycles. The van der Waals surface area contributed by atoms with Gasteiger partial charge in [-0.05, 0) is 43.4 Å². The zero-order valence-electron chi connectivity index (χ0n) is 11.9. The van der Waals surface area contributed by atoms with E-state index in [2.05, 4.69) is 28.5 Å². The summed E-state index contributed by atoms with van der Waals surface area (Å²) in [4.78, 5) is 15.8. The van der Waals surface area contributed by atoms with Gasteiger partial charge >= 0.3 is 0 Å². The first-order chi connectivity index (χ1) is 9.81. The number of nitrogens with zero attached hydrogens (tertiary/aromatic N) is 2. The lowest BCUT2D eigenvalue weighted by molar-refractivity contribution is 0.0954. The summed E-state index contributed by atoms with van der Waals surface area (Å²) >= 11 is 0. The highest BCUT2D eigenvalue weighted by Crippen LogP contribution is 2.21. The first kappa shape index (κ1) is 14.4. The van der Waals surface area contributed by atoms with Crippen LogP contribution < -0.4 is 5.43 Å². The Morgan fingerprint density at radius 2 is 2.35 bits per heavy atom. The summed E-state index contributed by atoms with van der Waals surface area (Å²) in [6.45, 7) is 2.20. The van der Waals surface area contributed by atoms with Crippen LogP contribution in [0.2, 0.25) is 0 Å². The Labute approximate surface area is 120 Å². The van der Waals surface area contributed by atoms with Gasteiger partial charge in [0.05, 0.1) is 11.3 Å². The molecule has 0 bridgehead atoms. The van der Waals surface area contributed by atoms with Crippen molar-refractivity contribution >= 4 is 11.6 Å². The van der Waals surface area contributed by atoms with Gasteiger partial charge in [0.1, 0.15) is 0 Å². The summed E-state index contributed by atoms with van der Waals surface area (Å²) in [7, 11) is 0. The van der Waals surface area contributed by atoms with Gasteiger partial charge in [-0.25, -0.2) is 5.43 Å². The zero-order chi connectivity index (χ0) is 14.2. The second-order valence-corrected chi connectivity index (χ2v) is 4.97. The highest BCUT2D eigenvalue weighted by Gasteiger charge is 2.13. The molecule has 0 saturated carbocycles. The second kappa shape index (κ2) is 7.58. The third kappa shape index (κ3) is 4.02. The van der Waals surface area contributed by atoms with Gasteiger partial charge in [0.15, 0.2) is 0 Å². The van der Waals surface area contributed by atoms with Gasteiger partial charge in [0.2, 0.25) is 0 Å². The van der Waals surface area contributed by atoms with Crippen LogP contribution in [0.25, 0.3) is 0 Å². The Hall–Kier alpha value is -1.97. The minimum absolute atomic E-state index is 0.203. The van der Waals surface area contributed by atoms with Crippen molar-refractivity contribution in [2.45, 2.75) is 45.4 Å². The predicted molar refractivity (Wildman–Crippen MR) is 80.6 cm³/mol. The molecule has 0 aliphatic heterocycles. The summed E-state index contributed by atoms with van der Waals surface area (Å²) in [6, 6.07) is 3.48. The third-order valence-electron chi connectivity index (χ3n) is 3.41. The number of unbranched alkanes of at least 4 members (excludes halogenated alkanes) is 2. The molecule has 0 spiro atoms. The lowest BCUT2D eigenvalue weighted by atomic mass is 10.1. The largest absolute Gasteiger partial charge is 0.272 e. The van der Waals surface area contributed by atoms with Crippen LogP contribution in [0.3, 0.4) is 0 Å². The smallest absolute Gasteiger partial charge is 0.267 e. The van der Waals surface area contributed by atoms with Gasteiger partial charge in [0.25, 0.3) is 5.91 Å². The first-order valence-corrected chi connectivity index (χ1v) is 7.27.